The van der Waals surface area contributed by atoms with Crippen LogP contribution >= 0.6 is 0 Å². The van der Waals surface area contributed by atoms with E-state index in [-0.39, 0.29) is 6.10 Å². The van der Waals surface area contributed by atoms with Crippen molar-refractivity contribution in [1.29, 1.82) is 0 Å². The normalized spacial score (nSPS) is 39.3. The highest BCUT2D eigenvalue weighted by Crippen LogP contribution is 2.52. The third-order valence-electron chi connectivity index (χ3n) is 2.86. The van der Waals surface area contributed by atoms with E-state index in [0.717, 1.165) is 5.57 Å². The molecule has 1 aliphatic heterocycles. The van der Waals surface area contributed by atoms with E-state index in [1.54, 1.807) is 27.7 Å². The van der Waals surface area contributed by atoms with Crippen molar-refractivity contribution in [2.45, 2.75) is 45.2 Å². The third-order valence-corrected chi connectivity index (χ3v) is 2.86. The highest BCUT2D eigenvalue weighted by atomic mass is 16.8. The summed E-state index contributed by atoms with van der Waals surface area (Å²) in [5, 5.41) is 8.99. The number of ether oxygens (including phenoxy) is 2. The van der Waals surface area contributed by atoms with Crippen LogP contribution in [0.4, 0.5) is 0 Å². The zero-order valence-electron chi connectivity index (χ0n) is 8.75. The lowest BCUT2D eigenvalue weighted by molar-refractivity contribution is -0.153. The number of rotatable bonds is 1. The summed E-state index contributed by atoms with van der Waals surface area (Å²) in [4.78, 5) is 11.0. The number of carboxylic acids is 1. The summed E-state index contributed by atoms with van der Waals surface area (Å²) in [6.07, 6.45) is -0.205. The molecule has 14 heavy (non-hydrogen) atoms. The van der Waals surface area contributed by atoms with Crippen LogP contribution < -0.4 is 0 Å². The van der Waals surface area contributed by atoms with Gasteiger partial charge in [0.2, 0.25) is 0 Å². The summed E-state index contributed by atoms with van der Waals surface area (Å²) in [6, 6.07) is 0. The Morgan fingerprint density at radius 3 is 2.50 bits per heavy atom. The molecule has 4 heteroatoms. The molecular formula is C10H14O4. The number of hydrogen-bond acceptors (Lipinski definition) is 3. The first-order valence-electron chi connectivity index (χ1n) is 4.60. The quantitative estimate of drug-likeness (QED) is 0.690. The number of carboxylic acid groups (broad SMARTS) is 1. The lowest BCUT2D eigenvalue weighted by Gasteiger charge is -2.40. The van der Waals surface area contributed by atoms with E-state index in [1.807, 2.05) is 0 Å². The molecule has 4 nitrogen and oxygen atoms in total. The molecule has 0 aromatic rings. The highest BCUT2D eigenvalue weighted by Gasteiger charge is 2.62. The van der Waals surface area contributed by atoms with Gasteiger partial charge in [-0.25, -0.2) is 4.79 Å². The lowest BCUT2D eigenvalue weighted by Crippen LogP contribution is -2.51. The molecule has 0 spiro atoms. The Hall–Kier alpha value is -0.870. The molecule has 0 radical (unpaired) electrons. The molecule has 0 bridgehead atoms. The fraction of sp³-hybridized carbons (Fsp3) is 0.700. The largest absolute Gasteiger partial charge is 0.478 e. The van der Waals surface area contributed by atoms with Crippen molar-refractivity contribution >= 4 is 5.97 Å². The average Bonchev–Trinajstić information content (AvgIpc) is 2.17. The van der Waals surface area contributed by atoms with Crippen molar-refractivity contribution in [3.8, 4) is 0 Å². The second-order valence-electron chi connectivity index (χ2n) is 4.47. The zero-order chi connectivity index (χ0) is 10.7. The van der Waals surface area contributed by atoms with E-state index in [0.29, 0.717) is 5.57 Å². The van der Waals surface area contributed by atoms with Crippen LogP contribution in [-0.4, -0.2) is 28.6 Å². The van der Waals surface area contributed by atoms with E-state index < -0.39 is 17.4 Å². The molecule has 0 saturated carbocycles. The van der Waals surface area contributed by atoms with Crippen LogP contribution in [-0.2, 0) is 14.3 Å². The smallest absolute Gasteiger partial charge is 0.334 e. The fourth-order valence-corrected chi connectivity index (χ4v) is 2.49. The predicted octanol–water partition coefficient (Wildman–Crippen LogP) is 1.31. The van der Waals surface area contributed by atoms with Crippen molar-refractivity contribution in [3.05, 3.63) is 11.1 Å². The first-order chi connectivity index (χ1) is 6.28. The van der Waals surface area contributed by atoms with Gasteiger partial charge in [-0.2, -0.15) is 0 Å². The SMILES string of the molecule is CC1=C(C(=O)O)[C@@]2(C)OC(C)(C)O[C@@H]12. The van der Waals surface area contributed by atoms with Crippen molar-refractivity contribution in [1.82, 2.24) is 0 Å². The Kier molecular flexibility index (Phi) is 1.64. The summed E-state index contributed by atoms with van der Waals surface area (Å²) in [5.74, 6) is -1.61. The molecule has 2 rings (SSSR count). The summed E-state index contributed by atoms with van der Waals surface area (Å²) >= 11 is 0. The van der Waals surface area contributed by atoms with E-state index >= 15 is 0 Å². The molecule has 0 unspecified atom stereocenters. The van der Waals surface area contributed by atoms with Gasteiger partial charge in [0.05, 0.1) is 5.57 Å². The van der Waals surface area contributed by atoms with E-state index in [4.69, 9.17) is 14.6 Å². The highest BCUT2D eigenvalue weighted by molar-refractivity contribution is 5.93. The maximum atomic E-state index is 11.0. The summed E-state index contributed by atoms with van der Waals surface area (Å²) < 4.78 is 11.2. The number of fused-ring (bicyclic) bond motifs is 1. The zero-order valence-corrected chi connectivity index (χ0v) is 8.75. The van der Waals surface area contributed by atoms with Gasteiger partial charge in [0.1, 0.15) is 11.7 Å². The van der Waals surface area contributed by atoms with Gasteiger partial charge in [-0.3, -0.25) is 0 Å². The van der Waals surface area contributed by atoms with E-state index in [9.17, 15) is 4.79 Å². The molecule has 1 heterocycles. The van der Waals surface area contributed by atoms with Crippen molar-refractivity contribution in [2.24, 2.45) is 0 Å². The summed E-state index contributed by atoms with van der Waals surface area (Å²) in [7, 11) is 0. The molecule has 2 atom stereocenters. The molecule has 2 aliphatic rings. The minimum Gasteiger partial charge on any atom is -0.478 e. The molecule has 0 aromatic heterocycles. The van der Waals surface area contributed by atoms with Crippen LogP contribution in [0.2, 0.25) is 0 Å². The van der Waals surface area contributed by atoms with Crippen LogP contribution in [0.1, 0.15) is 27.7 Å². The first-order valence-corrected chi connectivity index (χ1v) is 4.60. The van der Waals surface area contributed by atoms with E-state index in [1.165, 1.54) is 0 Å². The Balaban J connectivity index is 2.38. The average molecular weight is 198 g/mol. The Labute approximate surface area is 82.5 Å². The summed E-state index contributed by atoms with van der Waals surface area (Å²) in [5.41, 5.74) is 0.345. The molecular weight excluding hydrogens is 184 g/mol. The van der Waals surface area contributed by atoms with Gasteiger partial charge < -0.3 is 14.6 Å². The maximum Gasteiger partial charge on any atom is 0.334 e. The minimum absolute atomic E-state index is 0.205. The first kappa shape index (κ1) is 9.68. The topological polar surface area (TPSA) is 55.8 Å². The molecule has 0 aromatic carbocycles. The van der Waals surface area contributed by atoms with Crippen molar-refractivity contribution < 1.29 is 19.4 Å². The van der Waals surface area contributed by atoms with Gasteiger partial charge in [0, 0.05) is 0 Å². The van der Waals surface area contributed by atoms with Gasteiger partial charge in [0.25, 0.3) is 0 Å². The molecule has 0 amide bonds. The standard InChI is InChI=1S/C10H14O4/c1-5-6(8(11)12)10(4)7(5)13-9(2,3)14-10/h7H,1-4H3,(H,11,12)/t7-,10+/m0/s1. The number of carbonyl (C=O) groups is 1. The van der Waals surface area contributed by atoms with E-state index in [2.05, 4.69) is 0 Å². The maximum absolute atomic E-state index is 11.0. The monoisotopic (exact) mass is 198 g/mol. The summed E-state index contributed by atoms with van der Waals surface area (Å²) in [6.45, 7) is 7.14. The second-order valence-corrected chi connectivity index (χ2v) is 4.47. The molecule has 1 N–H and O–H groups in total. The van der Waals surface area contributed by atoms with Crippen LogP contribution in [0.5, 0.6) is 0 Å². The van der Waals surface area contributed by atoms with Gasteiger partial charge in [-0.15, -0.1) is 0 Å². The molecule has 78 valence electrons. The predicted molar refractivity (Wildman–Crippen MR) is 48.8 cm³/mol. The van der Waals surface area contributed by atoms with Crippen molar-refractivity contribution in [3.63, 3.8) is 0 Å². The van der Waals surface area contributed by atoms with Gasteiger partial charge in [-0.1, -0.05) is 0 Å². The van der Waals surface area contributed by atoms with Crippen molar-refractivity contribution in [2.75, 3.05) is 0 Å². The van der Waals surface area contributed by atoms with Gasteiger partial charge in [0.15, 0.2) is 5.79 Å². The van der Waals surface area contributed by atoms with Crippen LogP contribution in [0.25, 0.3) is 0 Å². The third kappa shape index (κ3) is 0.980. The lowest BCUT2D eigenvalue weighted by atomic mass is 9.72. The number of hydrogen-bond donors (Lipinski definition) is 1. The van der Waals surface area contributed by atoms with Crippen LogP contribution in [0.15, 0.2) is 11.1 Å². The Morgan fingerprint density at radius 1 is 1.43 bits per heavy atom. The molecule has 1 saturated heterocycles. The Morgan fingerprint density at radius 2 is 2.00 bits per heavy atom. The second kappa shape index (κ2) is 2.38. The van der Waals surface area contributed by atoms with Gasteiger partial charge in [-0.05, 0) is 33.3 Å². The minimum atomic E-state index is -0.914. The Bertz CT molecular complexity index is 342. The molecule has 1 aliphatic carbocycles. The fourth-order valence-electron chi connectivity index (χ4n) is 2.49. The number of aliphatic carboxylic acids is 1. The molecule has 1 fully saturated rings. The van der Waals surface area contributed by atoms with Crippen LogP contribution in [0.3, 0.4) is 0 Å². The van der Waals surface area contributed by atoms with Crippen LogP contribution in [0, 0.1) is 0 Å². The van der Waals surface area contributed by atoms with Gasteiger partial charge >= 0.3 is 5.97 Å².